The van der Waals surface area contributed by atoms with E-state index in [9.17, 15) is 4.79 Å². The average molecular weight is 242 g/mol. The molecule has 2 rings (SSSR count). The predicted molar refractivity (Wildman–Crippen MR) is 64.0 cm³/mol. The molecule has 0 aromatic rings. The third kappa shape index (κ3) is 3.66. The molecule has 0 aromatic carbocycles. The fourth-order valence-electron chi connectivity index (χ4n) is 2.33. The Hall–Kier alpha value is -0.650. The lowest BCUT2D eigenvalue weighted by Crippen LogP contribution is -2.49. The maximum absolute atomic E-state index is 11.1. The number of carboxylic acids is 1. The molecule has 2 aliphatic rings. The highest BCUT2D eigenvalue weighted by atomic mass is 16.5. The Morgan fingerprint density at radius 1 is 1.59 bits per heavy atom. The van der Waals surface area contributed by atoms with Gasteiger partial charge in [-0.25, -0.2) is 0 Å². The highest BCUT2D eigenvalue weighted by molar-refractivity contribution is 5.74. The largest absolute Gasteiger partial charge is 0.480 e. The van der Waals surface area contributed by atoms with E-state index in [1.165, 1.54) is 0 Å². The Morgan fingerprint density at radius 3 is 2.94 bits per heavy atom. The lowest BCUT2D eigenvalue weighted by molar-refractivity contribution is -0.140. The zero-order valence-electron chi connectivity index (χ0n) is 10.4. The Labute approximate surface area is 102 Å². The van der Waals surface area contributed by atoms with Gasteiger partial charge in [0.25, 0.3) is 0 Å². The molecule has 2 unspecified atom stereocenters. The SMILES string of the molecule is CCN1CCOC(CNC(C(=O)O)C2CC2)C1. The summed E-state index contributed by atoms with van der Waals surface area (Å²) in [7, 11) is 0. The van der Waals surface area contributed by atoms with E-state index >= 15 is 0 Å². The first kappa shape index (κ1) is 12.8. The summed E-state index contributed by atoms with van der Waals surface area (Å²) in [6.07, 6.45) is 2.21. The summed E-state index contributed by atoms with van der Waals surface area (Å²) in [6.45, 7) is 6.45. The van der Waals surface area contributed by atoms with Crippen LogP contribution in [0.5, 0.6) is 0 Å². The summed E-state index contributed by atoms with van der Waals surface area (Å²) in [5.74, 6) is -0.394. The smallest absolute Gasteiger partial charge is 0.320 e. The summed E-state index contributed by atoms with van der Waals surface area (Å²) in [4.78, 5) is 13.4. The zero-order valence-corrected chi connectivity index (χ0v) is 10.4. The molecule has 0 spiro atoms. The predicted octanol–water partition coefficient (Wildman–Crippen LogP) is 0.160. The molecule has 2 atom stereocenters. The average Bonchev–Trinajstić information content (AvgIpc) is 3.13. The van der Waals surface area contributed by atoms with E-state index in [0.29, 0.717) is 12.5 Å². The molecule has 0 amide bonds. The molecular weight excluding hydrogens is 220 g/mol. The van der Waals surface area contributed by atoms with Crippen LogP contribution in [0.4, 0.5) is 0 Å². The number of rotatable bonds is 6. The van der Waals surface area contributed by atoms with Crippen molar-refractivity contribution >= 4 is 5.97 Å². The molecular formula is C12H22N2O3. The zero-order chi connectivity index (χ0) is 12.3. The minimum absolute atomic E-state index is 0.129. The number of ether oxygens (including phenoxy) is 1. The quantitative estimate of drug-likeness (QED) is 0.695. The number of nitrogens with zero attached hydrogens (tertiary/aromatic N) is 1. The summed E-state index contributed by atoms with van der Waals surface area (Å²) >= 11 is 0. The maximum Gasteiger partial charge on any atom is 0.320 e. The van der Waals surface area contributed by atoms with Gasteiger partial charge in [-0.05, 0) is 25.3 Å². The standard InChI is InChI=1S/C12H22N2O3/c1-2-14-5-6-17-10(8-14)7-13-11(12(15)16)9-3-4-9/h9-11,13H,2-8H2,1H3,(H,15,16). The second-order valence-corrected chi connectivity index (χ2v) is 4.95. The second kappa shape index (κ2) is 5.80. The van der Waals surface area contributed by atoms with Crippen LogP contribution >= 0.6 is 0 Å². The van der Waals surface area contributed by atoms with Gasteiger partial charge in [-0.15, -0.1) is 0 Å². The van der Waals surface area contributed by atoms with Gasteiger partial charge in [-0.3, -0.25) is 9.69 Å². The number of likely N-dealkylation sites (N-methyl/N-ethyl adjacent to an activating group) is 1. The van der Waals surface area contributed by atoms with E-state index in [1.807, 2.05) is 0 Å². The van der Waals surface area contributed by atoms with Crippen LogP contribution in [-0.2, 0) is 9.53 Å². The van der Waals surface area contributed by atoms with Crippen molar-refractivity contribution < 1.29 is 14.6 Å². The fraction of sp³-hybridized carbons (Fsp3) is 0.917. The van der Waals surface area contributed by atoms with E-state index in [4.69, 9.17) is 9.84 Å². The van der Waals surface area contributed by atoms with E-state index in [-0.39, 0.29) is 12.1 Å². The van der Waals surface area contributed by atoms with Gasteiger partial charge in [0.15, 0.2) is 0 Å². The van der Waals surface area contributed by atoms with Gasteiger partial charge in [0.05, 0.1) is 12.7 Å². The van der Waals surface area contributed by atoms with E-state index in [1.54, 1.807) is 0 Å². The minimum atomic E-state index is -0.726. The third-order valence-electron chi connectivity index (χ3n) is 3.60. The van der Waals surface area contributed by atoms with Gasteiger partial charge in [0.2, 0.25) is 0 Å². The van der Waals surface area contributed by atoms with Gasteiger partial charge in [0.1, 0.15) is 6.04 Å². The molecule has 17 heavy (non-hydrogen) atoms. The molecule has 5 heteroatoms. The van der Waals surface area contributed by atoms with Crippen LogP contribution in [-0.4, -0.2) is 60.9 Å². The van der Waals surface area contributed by atoms with Crippen LogP contribution in [0, 0.1) is 5.92 Å². The van der Waals surface area contributed by atoms with Crippen molar-refractivity contribution in [3.63, 3.8) is 0 Å². The summed E-state index contributed by atoms with van der Waals surface area (Å²) in [5, 5.41) is 12.2. The van der Waals surface area contributed by atoms with Gasteiger partial charge in [-0.1, -0.05) is 6.92 Å². The monoisotopic (exact) mass is 242 g/mol. The van der Waals surface area contributed by atoms with Crippen molar-refractivity contribution in [1.29, 1.82) is 0 Å². The number of hydrogen-bond donors (Lipinski definition) is 2. The van der Waals surface area contributed by atoms with Crippen molar-refractivity contribution in [2.24, 2.45) is 5.92 Å². The van der Waals surface area contributed by atoms with Crippen LogP contribution in [0.3, 0.4) is 0 Å². The van der Waals surface area contributed by atoms with Gasteiger partial charge in [-0.2, -0.15) is 0 Å². The first-order valence-corrected chi connectivity index (χ1v) is 6.51. The van der Waals surface area contributed by atoms with Gasteiger partial charge in [0, 0.05) is 19.6 Å². The molecule has 1 heterocycles. The summed E-state index contributed by atoms with van der Waals surface area (Å²) in [5.41, 5.74) is 0. The van der Waals surface area contributed by atoms with Crippen LogP contribution in [0.2, 0.25) is 0 Å². The van der Waals surface area contributed by atoms with E-state index in [0.717, 1.165) is 39.1 Å². The normalized spacial score (nSPS) is 27.9. The lowest BCUT2D eigenvalue weighted by atomic mass is 10.1. The molecule has 5 nitrogen and oxygen atoms in total. The van der Waals surface area contributed by atoms with Crippen molar-refractivity contribution in [2.45, 2.75) is 31.9 Å². The van der Waals surface area contributed by atoms with Crippen LogP contribution in [0.1, 0.15) is 19.8 Å². The van der Waals surface area contributed by atoms with E-state index < -0.39 is 5.97 Å². The minimum Gasteiger partial charge on any atom is -0.480 e. The van der Waals surface area contributed by atoms with Crippen LogP contribution < -0.4 is 5.32 Å². The molecule has 0 aromatic heterocycles. The summed E-state index contributed by atoms with van der Waals surface area (Å²) < 4.78 is 5.64. The molecule has 0 radical (unpaired) electrons. The number of hydrogen-bond acceptors (Lipinski definition) is 4. The molecule has 2 fully saturated rings. The van der Waals surface area contributed by atoms with Crippen molar-refractivity contribution in [3.05, 3.63) is 0 Å². The first-order chi connectivity index (χ1) is 8.20. The number of carbonyl (C=O) groups is 1. The lowest BCUT2D eigenvalue weighted by Gasteiger charge is -2.32. The van der Waals surface area contributed by atoms with Gasteiger partial charge >= 0.3 is 5.97 Å². The van der Waals surface area contributed by atoms with Crippen LogP contribution in [0.25, 0.3) is 0 Å². The Balaban J connectivity index is 1.74. The molecule has 2 N–H and O–H groups in total. The fourth-order valence-corrected chi connectivity index (χ4v) is 2.33. The topological polar surface area (TPSA) is 61.8 Å². The number of carboxylic acid groups (broad SMARTS) is 1. The molecule has 1 aliphatic heterocycles. The molecule has 1 aliphatic carbocycles. The second-order valence-electron chi connectivity index (χ2n) is 4.95. The van der Waals surface area contributed by atoms with Crippen molar-refractivity contribution in [3.8, 4) is 0 Å². The summed E-state index contributed by atoms with van der Waals surface area (Å²) in [6, 6.07) is -0.379. The molecule has 0 bridgehead atoms. The van der Waals surface area contributed by atoms with Crippen molar-refractivity contribution in [2.75, 3.05) is 32.8 Å². The maximum atomic E-state index is 11.1. The number of nitrogens with one attached hydrogen (secondary N) is 1. The Kier molecular flexibility index (Phi) is 4.36. The number of morpholine rings is 1. The van der Waals surface area contributed by atoms with Crippen molar-refractivity contribution in [1.82, 2.24) is 10.2 Å². The number of aliphatic carboxylic acids is 1. The third-order valence-corrected chi connectivity index (χ3v) is 3.60. The Morgan fingerprint density at radius 2 is 2.35 bits per heavy atom. The first-order valence-electron chi connectivity index (χ1n) is 6.51. The Bertz CT molecular complexity index is 268. The molecule has 98 valence electrons. The molecule has 1 saturated heterocycles. The highest BCUT2D eigenvalue weighted by Gasteiger charge is 2.36. The van der Waals surface area contributed by atoms with Crippen LogP contribution in [0.15, 0.2) is 0 Å². The highest BCUT2D eigenvalue weighted by Crippen LogP contribution is 2.32. The van der Waals surface area contributed by atoms with E-state index in [2.05, 4.69) is 17.1 Å². The molecule has 1 saturated carbocycles. The van der Waals surface area contributed by atoms with Gasteiger partial charge < -0.3 is 15.2 Å².